The molecule has 1 aliphatic heterocycles. The van der Waals surface area contributed by atoms with Crippen LogP contribution >= 0.6 is 0 Å². The third kappa shape index (κ3) is 1.92. The highest BCUT2D eigenvalue weighted by molar-refractivity contribution is 5.50. The fraction of sp³-hybridized carbons (Fsp3) is 0.375. The Labute approximate surface area is 118 Å². The molecule has 1 aliphatic rings. The SMILES string of the molecule is Cc1oc(C)c(C(NN)c2cccc3c2OCC3)c1C. The van der Waals surface area contributed by atoms with Crippen molar-refractivity contribution in [1.82, 2.24) is 5.43 Å². The summed E-state index contributed by atoms with van der Waals surface area (Å²) in [5.74, 6) is 8.63. The Morgan fingerprint density at radius 2 is 2.00 bits per heavy atom. The first-order chi connectivity index (χ1) is 9.63. The van der Waals surface area contributed by atoms with Crippen LogP contribution in [0, 0.1) is 20.8 Å². The first-order valence-corrected chi connectivity index (χ1v) is 6.90. The number of nitrogens with two attached hydrogens (primary N) is 1. The van der Waals surface area contributed by atoms with Gasteiger partial charge in [-0.2, -0.15) is 0 Å². The zero-order chi connectivity index (χ0) is 14.3. The number of hydrogen-bond acceptors (Lipinski definition) is 4. The molecule has 0 saturated heterocycles. The molecule has 2 aromatic rings. The van der Waals surface area contributed by atoms with Crippen molar-refractivity contribution in [3.63, 3.8) is 0 Å². The summed E-state index contributed by atoms with van der Waals surface area (Å²) in [6.45, 7) is 6.76. The van der Waals surface area contributed by atoms with Crippen molar-refractivity contribution >= 4 is 0 Å². The fourth-order valence-electron chi connectivity index (χ4n) is 3.03. The smallest absolute Gasteiger partial charge is 0.127 e. The minimum Gasteiger partial charge on any atom is -0.493 e. The molecule has 1 unspecified atom stereocenters. The van der Waals surface area contributed by atoms with Gasteiger partial charge in [-0.3, -0.25) is 5.84 Å². The van der Waals surface area contributed by atoms with E-state index in [9.17, 15) is 0 Å². The van der Waals surface area contributed by atoms with Gasteiger partial charge in [-0.1, -0.05) is 18.2 Å². The summed E-state index contributed by atoms with van der Waals surface area (Å²) < 4.78 is 11.5. The molecule has 1 aromatic heterocycles. The molecule has 106 valence electrons. The van der Waals surface area contributed by atoms with E-state index in [2.05, 4.69) is 30.5 Å². The summed E-state index contributed by atoms with van der Waals surface area (Å²) in [5.41, 5.74) is 7.49. The summed E-state index contributed by atoms with van der Waals surface area (Å²) in [5, 5.41) is 0. The third-order valence-corrected chi connectivity index (χ3v) is 4.13. The Hall–Kier alpha value is -1.78. The van der Waals surface area contributed by atoms with E-state index < -0.39 is 0 Å². The van der Waals surface area contributed by atoms with Crippen LogP contribution in [-0.2, 0) is 6.42 Å². The van der Waals surface area contributed by atoms with Gasteiger partial charge >= 0.3 is 0 Å². The van der Waals surface area contributed by atoms with Crippen molar-refractivity contribution in [3.8, 4) is 5.75 Å². The topological polar surface area (TPSA) is 60.4 Å². The first kappa shape index (κ1) is 13.2. The second-order valence-corrected chi connectivity index (χ2v) is 5.29. The Morgan fingerprint density at radius 3 is 2.65 bits per heavy atom. The van der Waals surface area contributed by atoms with E-state index in [1.165, 1.54) is 5.56 Å². The molecule has 4 nitrogen and oxygen atoms in total. The van der Waals surface area contributed by atoms with Gasteiger partial charge in [0.05, 0.1) is 12.6 Å². The van der Waals surface area contributed by atoms with Crippen molar-refractivity contribution in [2.24, 2.45) is 5.84 Å². The maximum Gasteiger partial charge on any atom is 0.127 e. The predicted octanol–water partition coefficient (Wildman–Crippen LogP) is 2.69. The molecule has 0 spiro atoms. The Kier molecular flexibility index (Phi) is 3.28. The zero-order valence-corrected chi connectivity index (χ0v) is 12.1. The Balaban J connectivity index is 2.14. The lowest BCUT2D eigenvalue weighted by molar-refractivity contribution is 0.350. The number of hydrazine groups is 1. The van der Waals surface area contributed by atoms with Gasteiger partial charge in [0.25, 0.3) is 0 Å². The molecule has 4 heteroatoms. The number of rotatable bonds is 3. The molecule has 0 amide bonds. The first-order valence-electron chi connectivity index (χ1n) is 6.90. The summed E-state index contributed by atoms with van der Waals surface area (Å²) in [4.78, 5) is 0. The van der Waals surface area contributed by atoms with Crippen LogP contribution in [0.1, 0.15) is 39.8 Å². The molecule has 2 heterocycles. The van der Waals surface area contributed by atoms with Gasteiger partial charge in [0.2, 0.25) is 0 Å². The lowest BCUT2D eigenvalue weighted by atomic mass is 9.94. The minimum absolute atomic E-state index is 0.111. The molecule has 0 fully saturated rings. The lowest BCUT2D eigenvalue weighted by Crippen LogP contribution is -2.29. The molecular formula is C16H20N2O2. The molecule has 0 bridgehead atoms. The summed E-state index contributed by atoms with van der Waals surface area (Å²) in [6, 6.07) is 6.13. The average Bonchev–Trinajstić information content (AvgIpc) is 3.00. The summed E-state index contributed by atoms with van der Waals surface area (Å²) >= 11 is 0. The number of aryl methyl sites for hydroxylation is 2. The van der Waals surface area contributed by atoms with Crippen molar-refractivity contribution < 1.29 is 9.15 Å². The highest BCUT2D eigenvalue weighted by atomic mass is 16.5. The van der Waals surface area contributed by atoms with Gasteiger partial charge < -0.3 is 9.15 Å². The van der Waals surface area contributed by atoms with Crippen LogP contribution in [0.2, 0.25) is 0 Å². The largest absolute Gasteiger partial charge is 0.493 e. The third-order valence-electron chi connectivity index (χ3n) is 4.13. The number of fused-ring (bicyclic) bond motifs is 1. The summed E-state index contributed by atoms with van der Waals surface area (Å²) in [6.07, 6.45) is 0.961. The molecule has 20 heavy (non-hydrogen) atoms. The van der Waals surface area contributed by atoms with Crippen molar-refractivity contribution in [2.75, 3.05) is 6.61 Å². The van der Waals surface area contributed by atoms with Crippen molar-refractivity contribution in [2.45, 2.75) is 33.2 Å². The fourth-order valence-corrected chi connectivity index (χ4v) is 3.03. The minimum atomic E-state index is -0.111. The van der Waals surface area contributed by atoms with Crippen LogP contribution in [0.5, 0.6) is 5.75 Å². The Bertz CT molecular complexity index is 646. The molecule has 3 rings (SSSR count). The molecular weight excluding hydrogens is 252 g/mol. The average molecular weight is 272 g/mol. The standard InChI is InChI=1S/C16H20N2O2/c1-9-10(2)20-11(3)14(9)15(18-17)13-6-4-5-12-7-8-19-16(12)13/h4-6,15,18H,7-8,17H2,1-3H3. The van der Waals surface area contributed by atoms with Crippen LogP contribution in [0.3, 0.4) is 0 Å². The molecule has 1 aromatic carbocycles. The maximum atomic E-state index is 5.83. The number of benzene rings is 1. The van der Waals surface area contributed by atoms with E-state index in [-0.39, 0.29) is 6.04 Å². The highest BCUT2D eigenvalue weighted by Crippen LogP contribution is 2.38. The Morgan fingerprint density at radius 1 is 1.20 bits per heavy atom. The zero-order valence-electron chi connectivity index (χ0n) is 12.1. The van der Waals surface area contributed by atoms with Crippen LogP contribution in [0.4, 0.5) is 0 Å². The number of furan rings is 1. The van der Waals surface area contributed by atoms with Crippen LogP contribution in [-0.4, -0.2) is 6.61 Å². The monoisotopic (exact) mass is 272 g/mol. The molecule has 0 radical (unpaired) electrons. The maximum absolute atomic E-state index is 5.83. The number of nitrogens with one attached hydrogen (secondary N) is 1. The molecule has 0 aliphatic carbocycles. The van der Waals surface area contributed by atoms with Crippen LogP contribution in [0.15, 0.2) is 22.6 Å². The summed E-state index contributed by atoms with van der Waals surface area (Å²) in [7, 11) is 0. The van der Waals surface area contributed by atoms with Crippen LogP contribution < -0.4 is 16.0 Å². The van der Waals surface area contributed by atoms with Crippen LogP contribution in [0.25, 0.3) is 0 Å². The quantitative estimate of drug-likeness (QED) is 0.666. The van der Waals surface area contributed by atoms with Gasteiger partial charge in [-0.05, 0) is 31.9 Å². The van der Waals surface area contributed by atoms with Crippen molar-refractivity contribution in [1.29, 1.82) is 0 Å². The van der Waals surface area contributed by atoms with Crippen molar-refractivity contribution in [3.05, 3.63) is 52.0 Å². The number of hydrogen-bond donors (Lipinski definition) is 2. The van der Waals surface area contributed by atoms with E-state index in [0.717, 1.165) is 47.0 Å². The van der Waals surface area contributed by atoms with E-state index in [0.29, 0.717) is 0 Å². The number of ether oxygens (including phenoxy) is 1. The second kappa shape index (κ2) is 4.96. The molecule has 3 N–H and O–H groups in total. The predicted molar refractivity (Wildman–Crippen MR) is 77.7 cm³/mol. The molecule has 0 saturated carbocycles. The van der Waals surface area contributed by atoms with E-state index >= 15 is 0 Å². The van der Waals surface area contributed by atoms with E-state index in [1.807, 2.05) is 13.8 Å². The lowest BCUT2D eigenvalue weighted by Gasteiger charge is -2.19. The highest BCUT2D eigenvalue weighted by Gasteiger charge is 2.27. The van der Waals surface area contributed by atoms with Gasteiger partial charge in [0.1, 0.15) is 17.3 Å². The normalized spacial score (nSPS) is 15.0. The van der Waals surface area contributed by atoms with Gasteiger partial charge in [-0.25, -0.2) is 5.43 Å². The van der Waals surface area contributed by atoms with E-state index in [1.54, 1.807) is 0 Å². The second-order valence-electron chi connectivity index (χ2n) is 5.29. The van der Waals surface area contributed by atoms with Gasteiger partial charge in [0, 0.05) is 17.5 Å². The van der Waals surface area contributed by atoms with Gasteiger partial charge in [-0.15, -0.1) is 0 Å². The van der Waals surface area contributed by atoms with Gasteiger partial charge in [0.15, 0.2) is 0 Å². The number of para-hydroxylation sites is 1. The molecule has 1 atom stereocenters. The van der Waals surface area contributed by atoms with E-state index in [4.69, 9.17) is 15.0 Å².